The highest BCUT2D eigenvalue weighted by molar-refractivity contribution is 5.96. The topological polar surface area (TPSA) is 66.6 Å². The molecule has 88 valence electrons. The molecule has 0 spiro atoms. The van der Waals surface area contributed by atoms with E-state index in [-0.39, 0.29) is 5.69 Å². The number of carbonyl (C=O) groups is 1. The van der Waals surface area contributed by atoms with Gasteiger partial charge in [-0.2, -0.15) is 0 Å². The smallest absolute Gasteiger partial charge is 0.246 e. The zero-order valence-electron chi connectivity index (χ0n) is 8.65. The summed E-state index contributed by atoms with van der Waals surface area (Å²) < 4.78 is 25.5. The van der Waals surface area contributed by atoms with Crippen molar-refractivity contribution in [1.29, 1.82) is 0 Å². The first-order chi connectivity index (χ1) is 7.47. The van der Waals surface area contributed by atoms with Crippen LogP contribution in [-0.4, -0.2) is 30.7 Å². The van der Waals surface area contributed by atoms with Crippen LogP contribution in [0.15, 0.2) is 18.2 Å². The van der Waals surface area contributed by atoms with Crippen LogP contribution in [0.25, 0.3) is 0 Å². The zero-order chi connectivity index (χ0) is 12.3. The van der Waals surface area contributed by atoms with Crippen LogP contribution in [0.1, 0.15) is 0 Å². The number of hydrogen-bond acceptors (Lipinski definition) is 3. The van der Waals surface area contributed by atoms with E-state index >= 15 is 0 Å². The van der Waals surface area contributed by atoms with Crippen molar-refractivity contribution in [1.82, 2.24) is 0 Å². The van der Waals surface area contributed by atoms with Gasteiger partial charge in [-0.05, 0) is 12.1 Å². The molecular weight excluding hydrogens is 218 g/mol. The molecule has 1 unspecified atom stereocenters. The average molecular weight is 230 g/mol. The van der Waals surface area contributed by atoms with E-state index in [0.29, 0.717) is 0 Å². The Hall–Kier alpha value is -1.53. The van der Waals surface area contributed by atoms with E-state index in [1.54, 1.807) is 0 Å². The number of rotatable bonds is 3. The largest absolute Gasteiger partial charge is 0.394 e. The van der Waals surface area contributed by atoms with Gasteiger partial charge in [0.2, 0.25) is 5.91 Å². The molecule has 0 aliphatic carbocycles. The standard InChI is InChI=1S/C10H12F2N2O2/c1-14(10(16)9(13)5-15)6-2-3-7(11)8(12)4-6/h2-4,9,15H,5,13H2,1H3. The molecule has 0 radical (unpaired) electrons. The summed E-state index contributed by atoms with van der Waals surface area (Å²) in [5.74, 6) is -2.61. The van der Waals surface area contributed by atoms with Crippen molar-refractivity contribution in [2.75, 3.05) is 18.6 Å². The fourth-order valence-corrected chi connectivity index (χ4v) is 1.15. The molecule has 1 atom stereocenters. The molecular formula is C10H12F2N2O2. The Kier molecular flexibility index (Phi) is 3.92. The summed E-state index contributed by atoms with van der Waals surface area (Å²) in [5.41, 5.74) is 5.49. The zero-order valence-corrected chi connectivity index (χ0v) is 8.65. The second-order valence-corrected chi connectivity index (χ2v) is 3.28. The number of likely N-dealkylation sites (N-methyl/N-ethyl adjacent to an activating group) is 1. The number of benzene rings is 1. The number of anilines is 1. The van der Waals surface area contributed by atoms with E-state index in [9.17, 15) is 13.6 Å². The van der Waals surface area contributed by atoms with Gasteiger partial charge in [-0.25, -0.2) is 8.78 Å². The third-order valence-corrected chi connectivity index (χ3v) is 2.13. The number of aliphatic hydroxyl groups is 1. The van der Waals surface area contributed by atoms with Gasteiger partial charge in [0, 0.05) is 18.8 Å². The Morgan fingerprint density at radius 2 is 2.12 bits per heavy atom. The molecule has 0 saturated carbocycles. The van der Waals surface area contributed by atoms with Gasteiger partial charge in [-0.15, -0.1) is 0 Å². The van der Waals surface area contributed by atoms with Crippen molar-refractivity contribution in [2.45, 2.75) is 6.04 Å². The van der Waals surface area contributed by atoms with E-state index in [1.165, 1.54) is 13.1 Å². The average Bonchev–Trinajstić information content (AvgIpc) is 2.29. The second-order valence-electron chi connectivity index (χ2n) is 3.28. The first kappa shape index (κ1) is 12.5. The number of hydrogen-bond donors (Lipinski definition) is 2. The molecule has 1 amide bonds. The maximum atomic E-state index is 12.9. The third-order valence-electron chi connectivity index (χ3n) is 2.13. The molecule has 1 rings (SSSR count). The third kappa shape index (κ3) is 2.53. The Morgan fingerprint density at radius 3 is 2.62 bits per heavy atom. The Labute approximate surface area is 91.3 Å². The lowest BCUT2D eigenvalue weighted by molar-refractivity contribution is -0.120. The summed E-state index contributed by atoms with van der Waals surface area (Å²) in [5, 5.41) is 8.69. The van der Waals surface area contributed by atoms with Crippen LogP contribution < -0.4 is 10.6 Å². The molecule has 0 fully saturated rings. The first-order valence-corrected chi connectivity index (χ1v) is 4.56. The summed E-state index contributed by atoms with van der Waals surface area (Å²) >= 11 is 0. The number of nitrogens with zero attached hydrogens (tertiary/aromatic N) is 1. The Balaban J connectivity index is 2.92. The van der Waals surface area contributed by atoms with E-state index in [4.69, 9.17) is 10.8 Å². The van der Waals surface area contributed by atoms with Crippen molar-refractivity contribution in [3.8, 4) is 0 Å². The highest BCUT2D eigenvalue weighted by Gasteiger charge is 2.19. The first-order valence-electron chi connectivity index (χ1n) is 4.56. The molecule has 0 aromatic heterocycles. The van der Waals surface area contributed by atoms with Gasteiger partial charge in [0.1, 0.15) is 6.04 Å². The molecule has 0 aliphatic rings. The second kappa shape index (κ2) is 5.00. The van der Waals surface area contributed by atoms with Gasteiger partial charge in [-0.3, -0.25) is 4.79 Å². The lowest BCUT2D eigenvalue weighted by atomic mass is 10.2. The van der Waals surface area contributed by atoms with Crippen LogP contribution in [0.2, 0.25) is 0 Å². The molecule has 16 heavy (non-hydrogen) atoms. The minimum atomic E-state index is -1.07. The lowest BCUT2D eigenvalue weighted by Gasteiger charge is -2.20. The summed E-state index contributed by atoms with van der Waals surface area (Å²) in [6.45, 7) is -0.507. The van der Waals surface area contributed by atoms with Gasteiger partial charge in [0.25, 0.3) is 0 Å². The van der Waals surface area contributed by atoms with Crippen LogP contribution in [0.5, 0.6) is 0 Å². The van der Waals surface area contributed by atoms with E-state index in [1.807, 2.05) is 0 Å². The molecule has 1 aromatic carbocycles. The SMILES string of the molecule is CN(C(=O)C(N)CO)c1ccc(F)c(F)c1. The van der Waals surface area contributed by atoms with Crippen LogP contribution in [0, 0.1) is 11.6 Å². The molecule has 4 nitrogen and oxygen atoms in total. The number of carbonyl (C=O) groups excluding carboxylic acids is 1. The monoisotopic (exact) mass is 230 g/mol. The molecule has 1 aromatic rings. The number of amides is 1. The van der Waals surface area contributed by atoms with Crippen molar-refractivity contribution >= 4 is 11.6 Å². The van der Waals surface area contributed by atoms with Crippen LogP contribution in [0.4, 0.5) is 14.5 Å². The lowest BCUT2D eigenvalue weighted by Crippen LogP contribution is -2.44. The Morgan fingerprint density at radius 1 is 1.50 bits per heavy atom. The van der Waals surface area contributed by atoms with Crippen LogP contribution in [0.3, 0.4) is 0 Å². The predicted molar refractivity (Wildman–Crippen MR) is 54.8 cm³/mol. The van der Waals surface area contributed by atoms with Crippen LogP contribution in [-0.2, 0) is 4.79 Å². The molecule has 0 bridgehead atoms. The number of nitrogens with two attached hydrogens (primary N) is 1. The molecule has 6 heteroatoms. The quantitative estimate of drug-likeness (QED) is 0.782. The van der Waals surface area contributed by atoms with E-state index in [0.717, 1.165) is 17.0 Å². The number of aliphatic hydroxyl groups excluding tert-OH is 1. The normalized spacial score (nSPS) is 12.3. The highest BCUT2D eigenvalue weighted by Crippen LogP contribution is 2.17. The van der Waals surface area contributed by atoms with Crippen molar-refractivity contribution in [3.63, 3.8) is 0 Å². The van der Waals surface area contributed by atoms with Crippen molar-refractivity contribution < 1.29 is 18.7 Å². The van der Waals surface area contributed by atoms with Gasteiger partial charge >= 0.3 is 0 Å². The van der Waals surface area contributed by atoms with Gasteiger partial charge < -0.3 is 15.7 Å². The fourth-order valence-electron chi connectivity index (χ4n) is 1.15. The fraction of sp³-hybridized carbons (Fsp3) is 0.300. The maximum absolute atomic E-state index is 12.9. The summed E-state index contributed by atoms with van der Waals surface area (Å²) in [7, 11) is 1.37. The van der Waals surface area contributed by atoms with Crippen molar-refractivity contribution in [3.05, 3.63) is 29.8 Å². The number of halogens is 2. The Bertz CT molecular complexity index is 398. The van der Waals surface area contributed by atoms with E-state index < -0.39 is 30.2 Å². The molecule has 3 N–H and O–H groups in total. The van der Waals surface area contributed by atoms with Gasteiger partial charge in [0.05, 0.1) is 6.61 Å². The summed E-state index contributed by atoms with van der Waals surface area (Å²) in [4.78, 5) is 12.6. The molecule has 0 saturated heterocycles. The minimum absolute atomic E-state index is 0.174. The predicted octanol–water partition coefficient (Wildman–Crippen LogP) is 0.247. The minimum Gasteiger partial charge on any atom is -0.394 e. The molecule has 0 heterocycles. The summed E-state index contributed by atoms with van der Waals surface area (Å²) in [6, 6.07) is 1.98. The highest BCUT2D eigenvalue weighted by atomic mass is 19.2. The van der Waals surface area contributed by atoms with Gasteiger partial charge in [-0.1, -0.05) is 0 Å². The van der Waals surface area contributed by atoms with Gasteiger partial charge in [0.15, 0.2) is 11.6 Å². The summed E-state index contributed by atoms with van der Waals surface area (Å²) in [6.07, 6.45) is 0. The maximum Gasteiger partial charge on any atom is 0.246 e. The van der Waals surface area contributed by atoms with Crippen molar-refractivity contribution in [2.24, 2.45) is 5.73 Å². The van der Waals surface area contributed by atoms with Crippen LogP contribution >= 0.6 is 0 Å². The molecule has 0 aliphatic heterocycles. The van der Waals surface area contributed by atoms with E-state index in [2.05, 4.69) is 0 Å².